The van der Waals surface area contributed by atoms with Crippen molar-refractivity contribution in [3.8, 4) is 0 Å². The zero-order valence-corrected chi connectivity index (χ0v) is 11.9. The Labute approximate surface area is 120 Å². The molecule has 0 aliphatic heterocycles. The predicted molar refractivity (Wildman–Crippen MR) is 78.1 cm³/mol. The van der Waals surface area contributed by atoms with Gasteiger partial charge in [-0.05, 0) is 42.5 Å². The molecule has 0 unspecified atom stereocenters. The van der Waals surface area contributed by atoms with Crippen molar-refractivity contribution in [3.63, 3.8) is 0 Å². The second kappa shape index (κ2) is 5.31. The Hall–Kier alpha value is -1.39. The number of nitrogens with zero attached hydrogens (tertiary/aromatic N) is 1. The number of anilines is 1. The lowest BCUT2D eigenvalue weighted by atomic mass is 10.1. The first-order valence-electron chi connectivity index (χ1n) is 6.20. The van der Waals surface area contributed by atoms with Crippen LogP contribution in [-0.2, 0) is 18.7 Å². The van der Waals surface area contributed by atoms with Crippen molar-refractivity contribution in [3.05, 3.63) is 46.0 Å². The average molecular weight is 293 g/mol. The van der Waals surface area contributed by atoms with Crippen LogP contribution in [-0.4, -0.2) is 10.9 Å². The molecule has 2 aromatic rings. The van der Waals surface area contributed by atoms with Crippen LogP contribution >= 0.6 is 22.9 Å². The standard InChI is InChI=1S/C14H13ClN2OS/c15-7-12-8-19-14(16-12)17-13(18)11-5-4-9-2-1-3-10(9)6-11/h4-6,8H,1-3,7H2,(H,16,17,18). The van der Waals surface area contributed by atoms with Crippen LogP contribution in [0, 0.1) is 0 Å². The molecule has 0 saturated heterocycles. The van der Waals surface area contributed by atoms with E-state index in [1.54, 1.807) is 0 Å². The first kappa shape index (κ1) is 12.6. The maximum Gasteiger partial charge on any atom is 0.257 e. The van der Waals surface area contributed by atoms with E-state index in [4.69, 9.17) is 11.6 Å². The molecule has 1 heterocycles. The number of hydrogen-bond donors (Lipinski definition) is 1. The summed E-state index contributed by atoms with van der Waals surface area (Å²) >= 11 is 7.08. The van der Waals surface area contributed by atoms with Crippen molar-refractivity contribution in [2.24, 2.45) is 0 Å². The number of fused-ring (bicyclic) bond motifs is 1. The van der Waals surface area contributed by atoms with Crippen LogP contribution < -0.4 is 5.32 Å². The molecular formula is C14H13ClN2OS. The minimum absolute atomic E-state index is 0.106. The molecule has 3 rings (SSSR count). The van der Waals surface area contributed by atoms with Gasteiger partial charge in [0.25, 0.3) is 5.91 Å². The molecule has 0 spiro atoms. The normalized spacial score (nSPS) is 13.3. The van der Waals surface area contributed by atoms with E-state index in [1.807, 2.05) is 17.5 Å². The molecule has 0 bridgehead atoms. The van der Waals surface area contributed by atoms with Gasteiger partial charge in [0.05, 0.1) is 11.6 Å². The fraction of sp³-hybridized carbons (Fsp3) is 0.286. The molecule has 1 amide bonds. The fourth-order valence-electron chi connectivity index (χ4n) is 2.31. The lowest BCUT2D eigenvalue weighted by Crippen LogP contribution is -2.12. The number of benzene rings is 1. The monoisotopic (exact) mass is 292 g/mol. The highest BCUT2D eigenvalue weighted by Crippen LogP contribution is 2.24. The maximum absolute atomic E-state index is 12.1. The van der Waals surface area contributed by atoms with Crippen molar-refractivity contribution in [2.45, 2.75) is 25.1 Å². The Morgan fingerprint density at radius 3 is 3.00 bits per heavy atom. The second-order valence-corrected chi connectivity index (χ2v) is 5.69. The third kappa shape index (κ3) is 2.65. The van der Waals surface area contributed by atoms with Crippen LogP contribution in [0.3, 0.4) is 0 Å². The largest absolute Gasteiger partial charge is 0.298 e. The van der Waals surface area contributed by atoms with Gasteiger partial charge in [0.1, 0.15) is 0 Å². The average Bonchev–Trinajstić information content (AvgIpc) is 3.05. The molecule has 98 valence electrons. The highest BCUT2D eigenvalue weighted by atomic mass is 35.5. The molecular weight excluding hydrogens is 280 g/mol. The first-order valence-corrected chi connectivity index (χ1v) is 7.61. The molecule has 1 N–H and O–H groups in total. The van der Waals surface area contributed by atoms with Gasteiger partial charge in [-0.3, -0.25) is 10.1 Å². The summed E-state index contributed by atoms with van der Waals surface area (Å²) in [6.45, 7) is 0. The molecule has 0 saturated carbocycles. The number of alkyl halides is 1. The number of aryl methyl sites for hydroxylation is 2. The Bertz CT molecular complexity index is 624. The van der Waals surface area contributed by atoms with E-state index in [0.29, 0.717) is 16.6 Å². The first-order chi connectivity index (χ1) is 9.26. The number of thiazole rings is 1. The minimum Gasteiger partial charge on any atom is -0.298 e. The van der Waals surface area contributed by atoms with Crippen LogP contribution in [0.2, 0.25) is 0 Å². The topological polar surface area (TPSA) is 42.0 Å². The van der Waals surface area contributed by atoms with Crippen molar-refractivity contribution in [1.29, 1.82) is 0 Å². The van der Waals surface area contributed by atoms with E-state index in [-0.39, 0.29) is 5.91 Å². The number of nitrogens with one attached hydrogen (secondary N) is 1. The zero-order valence-electron chi connectivity index (χ0n) is 10.3. The van der Waals surface area contributed by atoms with Crippen LogP contribution in [0.4, 0.5) is 5.13 Å². The summed E-state index contributed by atoms with van der Waals surface area (Å²) in [5, 5.41) is 5.26. The van der Waals surface area contributed by atoms with Crippen molar-refractivity contribution >= 4 is 34.0 Å². The zero-order chi connectivity index (χ0) is 13.2. The highest BCUT2D eigenvalue weighted by Gasteiger charge is 2.14. The summed E-state index contributed by atoms with van der Waals surface area (Å²) in [6, 6.07) is 5.94. The summed E-state index contributed by atoms with van der Waals surface area (Å²) in [4.78, 5) is 16.4. The number of aromatic nitrogens is 1. The molecule has 0 atom stereocenters. The summed E-state index contributed by atoms with van der Waals surface area (Å²) < 4.78 is 0. The van der Waals surface area contributed by atoms with Crippen molar-refractivity contribution in [1.82, 2.24) is 4.98 Å². The van der Waals surface area contributed by atoms with Gasteiger partial charge in [-0.2, -0.15) is 0 Å². The Kier molecular flexibility index (Phi) is 3.53. The molecule has 5 heteroatoms. The molecule has 1 aliphatic carbocycles. The van der Waals surface area contributed by atoms with Crippen LogP contribution in [0.5, 0.6) is 0 Å². The van der Waals surface area contributed by atoms with Gasteiger partial charge in [-0.1, -0.05) is 6.07 Å². The molecule has 1 aliphatic rings. The van der Waals surface area contributed by atoms with Gasteiger partial charge in [0, 0.05) is 10.9 Å². The molecule has 1 aromatic carbocycles. The maximum atomic E-state index is 12.1. The molecule has 3 nitrogen and oxygen atoms in total. The highest BCUT2D eigenvalue weighted by molar-refractivity contribution is 7.14. The summed E-state index contributed by atoms with van der Waals surface area (Å²) in [7, 11) is 0. The number of hydrogen-bond acceptors (Lipinski definition) is 3. The summed E-state index contributed by atoms with van der Waals surface area (Å²) in [5.74, 6) is 0.260. The van der Waals surface area contributed by atoms with E-state index < -0.39 is 0 Å². The van der Waals surface area contributed by atoms with Crippen molar-refractivity contribution in [2.75, 3.05) is 5.32 Å². The third-order valence-electron chi connectivity index (χ3n) is 3.27. The summed E-state index contributed by atoms with van der Waals surface area (Å²) in [5.41, 5.74) is 4.16. The van der Waals surface area contributed by atoms with Crippen molar-refractivity contribution < 1.29 is 4.79 Å². The SMILES string of the molecule is O=C(Nc1nc(CCl)cs1)c1ccc2c(c1)CCC2. The lowest BCUT2D eigenvalue weighted by Gasteiger charge is -2.04. The van der Waals surface area contributed by atoms with Gasteiger partial charge in [-0.25, -0.2) is 4.98 Å². The molecule has 19 heavy (non-hydrogen) atoms. The van der Waals surface area contributed by atoms with E-state index in [1.165, 1.54) is 28.9 Å². The van der Waals surface area contributed by atoms with Crippen LogP contribution in [0.1, 0.15) is 33.6 Å². The molecule has 0 fully saturated rings. The van der Waals surface area contributed by atoms with Gasteiger partial charge in [0.15, 0.2) is 5.13 Å². The Morgan fingerprint density at radius 2 is 2.21 bits per heavy atom. The smallest absolute Gasteiger partial charge is 0.257 e. The number of rotatable bonds is 3. The molecule has 0 radical (unpaired) electrons. The van der Waals surface area contributed by atoms with Gasteiger partial charge in [-0.15, -0.1) is 22.9 Å². The van der Waals surface area contributed by atoms with Gasteiger partial charge in [0.2, 0.25) is 0 Å². The van der Waals surface area contributed by atoms with E-state index in [2.05, 4.69) is 16.4 Å². The van der Waals surface area contributed by atoms with Crippen LogP contribution in [0.25, 0.3) is 0 Å². The van der Waals surface area contributed by atoms with Crippen LogP contribution in [0.15, 0.2) is 23.6 Å². The lowest BCUT2D eigenvalue weighted by molar-refractivity contribution is 0.102. The quantitative estimate of drug-likeness (QED) is 0.878. The number of amides is 1. The minimum atomic E-state index is -0.106. The number of carbonyl (C=O) groups is 1. The van der Waals surface area contributed by atoms with E-state index in [9.17, 15) is 4.79 Å². The van der Waals surface area contributed by atoms with E-state index in [0.717, 1.165) is 18.5 Å². The number of carbonyl (C=O) groups excluding carboxylic acids is 1. The number of halogens is 1. The third-order valence-corrected chi connectivity index (χ3v) is 4.35. The molecule has 1 aromatic heterocycles. The summed E-state index contributed by atoms with van der Waals surface area (Å²) in [6.07, 6.45) is 3.39. The predicted octanol–water partition coefficient (Wildman–Crippen LogP) is 3.62. The van der Waals surface area contributed by atoms with E-state index >= 15 is 0 Å². The van der Waals surface area contributed by atoms with Gasteiger partial charge >= 0.3 is 0 Å². The Morgan fingerprint density at radius 1 is 1.37 bits per heavy atom. The fourth-order valence-corrected chi connectivity index (χ4v) is 3.24. The second-order valence-electron chi connectivity index (χ2n) is 4.57. The Balaban J connectivity index is 1.76. The van der Waals surface area contributed by atoms with Gasteiger partial charge < -0.3 is 0 Å².